The van der Waals surface area contributed by atoms with Gasteiger partial charge in [0.1, 0.15) is 18.7 Å². The first-order valence-corrected chi connectivity index (χ1v) is 11.0. The first-order valence-electron chi connectivity index (χ1n) is 11.0. The maximum Gasteiger partial charge on any atom is 0.231 e. The van der Waals surface area contributed by atoms with Crippen LogP contribution in [0, 0.1) is 17.8 Å². The van der Waals surface area contributed by atoms with Crippen LogP contribution in [0.1, 0.15) is 62.3 Å². The number of ether oxygens (including phenoxy) is 3. The third-order valence-electron chi connectivity index (χ3n) is 3.67. The molecule has 1 rings (SSSR count). The molecule has 3 N–H and O–H groups in total. The molecule has 0 aliphatic heterocycles. The van der Waals surface area contributed by atoms with Crippen LogP contribution >= 0.6 is 0 Å². The van der Waals surface area contributed by atoms with E-state index in [0.29, 0.717) is 55.4 Å². The Hall–Kier alpha value is -1.71. The maximum atomic E-state index is 5.78. The molecule has 0 spiro atoms. The van der Waals surface area contributed by atoms with Gasteiger partial charge in [0.15, 0.2) is 0 Å². The Labute approximate surface area is 182 Å². The van der Waals surface area contributed by atoms with Crippen LogP contribution in [-0.2, 0) is 14.2 Å². The van der Waals surface area contributed by atoms with Crippen LogP contribution in [-0.4, -0.2) is 53.5 Å². The summed E-state index contributed by atoms with van der Waals surface area (Å²) in [7, 11) is 0. The number of aromatic nitrogens is 3. The highest BCUT2D eigenvalue weighted by Gasteiger charge is 2.14. The molecule has 0 radical (unpaired) electrons. The van der Waals surface area contributed by atoms with Gasteiger partial charge in [-0.3, -0.25) is 0 Å². The van der Waals surface area contributed by atoms with Crippen molar-refractivity contribution in [1.29, 1.82) is 0 Å². The first kappa shape index (κ1) is 26.3. The highest BCUT2D eigenvalue weighted by molar-refractivity contribution is 5.42. The van der Waals surface area contributed by atoms with Crippen molar-refractivity contribution in [3.8, 4) is 0 Å². The van der Waals surface area contributed by atoms with Gasteiger partial charge in [-0.2, -0.15) is 15.0 Å². The fraction of sp³-hybridized carbons (Fsp3) is 0.857. The standard InChI is InChI=1S/C21H42N6O3/c1-13(2)10-28-16(7)22-19-25-20(23-17(8)29-11-14(3)4)27-21(26-19)24-18(9)30-12-15(5)6/h13-18H,10-12H2,1-9H3,(H3,22,23,24,25,26,27). The molecule has 0 bridgehead atoms. The fourth-order valence-electron chi connectivity index (χ4n) is 2.25. The van der Waals surface area contributed by atoms with Gasteiger partial charge in [-0.05, 0) is 38.5 Å². The second kappa shape index (κ2) is 13.6. The lowest BCUT2D eigenvalue weighted by molar-refractivity contribution is 0.0630. The van der Waals surface area contributed by atoms with Crippen molar-refractivity contribution in [2.75, 3.05) is 35.8 Å². The third kappa shape index (κ3) is 12.1. The molecule has 30 heavy (non-hydrogen) atoms. The zero-order chi connectivity index (χ0) is 22.7. The van der Waals surface area contributed by atoms with Crippen molar-refractivity contribution in [1.82, 2.24) is 15.0 Å². The lowest BCUT2D eigenvalue weighted by Gasteiger charge is -2.20. The minimum atomic E-state index is -0.236. The van der Waals surface area contributed by atoms with Gasteiger partial charge in [-0.15, -0.1) is 0 Å². The summed E-state index contributed by atoms with van der Waals surface area (Å²) in [5.74, 6) is 2.58. The molecule has 174 valence electrons. The van der Waals surface area contributed by atoms with E-state index in [1.54, 1.807) is 0 Å². The smallest absolute Gasteiger partial charge is 0.231 e. The number of hydrogen-bond acceptors (Lipinski definition) is 9. The second-order valence-corrected chi connectivity index (χ2v) is 8.85. The predicted molar refractivity (Wildman–Crippen MR) is 121 cm³/mol. The molecule has 0 amide bonds. The Balaban J connectivity index is 2.88. The predicted octanol–water partition coefficient (Wildman–Crippen LogP) is 4.16. The van der Waals surface area contributed by atoms with E-state index in [1.165, 1.54) is 0 Å². The molecule has 1 aromatic heterocycles. The van der Waals surface area contributed by atoms with Gasteiger partial charge in [-0.25, -0.2) is 0 Å². The fourth-order valence-corrected chi connectivity index (χ4v) is 2.25. The zero-order valence-electron chi connectivity index (χ0n) is 20.2. The van der Waals surface area contributed by atoms with Gasteiger partial charge >= 0.3 is 0 Å². The van der Waals surface area contributed by atoms with E-state index in [0.717, 1.165) is 0 Å². The Kier molecular flexibility index (Phi) is 11.9. The van der Waals surface area contributed by atoms with Gasteiger partial charge in [0.25, 0.3) is 0 Å². The largest absolute Gasteiger partial charge is 0.359 e. The molecule has 9 heteroatoms. The van der Waals surface area contributed by atoms with Crippen LogP contribution in [0.4, 0.5) is 17.8 Å². The molecule has 1 aromatic rings. The number of nitrogens with zero attached hydrogens (tertiary/aromatic N) is 3. The van der Waals surface area contributed by atoms with E-state index in [9.17, 15) is 0 Å². The SMILES string of the molecule is CC(C)COC(C)Nc1nc(NC(C)OCC(C)C)nc(NC(C)OCC(C)C)n1. The molecule has 1 heterocycles. The van der Waals surface area contributed by atoms with Gasteiger partial charge in [0, 0.05) is 0 Å². The molecule has 3 unspecified atom stereocenters. The average molecular weight is 427 g/mol. The summed E-state index contributed by atoms with van der Waals surface area (Å²) in [6.07, 6.45) is -0.709. The van der Waals surface area contributed by atoms with Gasteiger partial charge < -0.3 is 30.2 Å². The summed E-state index contributed by atoms with van der Waals surface area (Å²) in [6.45, 7) is 20.4. The van der Waals surface area contributed by atoms with Crippen molar-refractivity contribution in [2.45, 2.75) is 81.0 Å². The molecular formula is C21H42N6O3. The van der Waals surface area contributed by atoms with E-state index < -0.39 is 0 Å². The topological polar surface area (TPSA) is 102 Å². The van der Waals surface area contributed by atoms with Crippen LogP contribution in [0.15, 0.2) is 0 Å². The van der Waals surface area contributed by atoms with Crippen LogP contribution < -0.4 is 16.0 Å². The van der Waals surface area contributed by atoms with E-state index in [2.05, 4.69) is 72.4 Å². The summed E-state index contributed by atoms with van der Waals surface area (Å²) < 4.78 is 17.3. The summed E-state index contributed by atoms with van der Waals surface area (Å²) in [4.78, 5) is 13.4. The first-order chi connectivity index (χ1) is 14.0. The molecule has 0 saturated carbocycles. The summed E-state index contributed by atoms with van der Waals surface area (Å²) in [5, 5.41) is 9.54. The number of hydrogen-bond donors (Lipinski definition) is 3. The molecule has 9 nitrogen and oxygen atoms in total. The number of rotatable bonds is 15. The molecule has 0 fully saturated rings. The molecule has 0 aromatic carbocycles. The van der Waals surface area contributed by atoms with E-state index in [4.69, 9.17) is 14.2 Å². The Morgan fingerprint density at radius 1 is 0.500 bits per heavy atom. The Bertz CT molecular complexity index is 507. The Morgan fingerprint density at radius 2 is 0.733 bits per heavy atom. The van der Waals surface area contributed by atoms with Crippen LogP contribution in [0.5, 0.6) is 0 Å². The number of anilines is 3. The zero-order valence-corrected chi connectivity index (χ0v) is 20.2. The van der Waals surface area contributed by atoms with Crippen LogP contribution in [0.2, 0.25) is 0 Å². The summed E-state index contributed by atoms with van der Waals surface area (Å²) in [6, 6.07) is 0. The van der Waals surface area contributed by atoms with Gasteiger partial charge in [-0.1, -0.05) is 41.5 Å². The van der Waals surface area contributed by atoms with E-state index in [1.807, 2.05) is 20.8 Å². The van der Waals surface area contributed by atoms with E-state index in [-0.39, 0.29) is 18.7 Å². The second-order valence-electron chi connectivity index (χ2n) is 8.85. The lowest BCUT2D eigenvalue weighted by Crippen LogP contribution is -2.27. The van der Waals surface area contributed by atoms with Crippen molar-refractivity contribution < 1.29 is 14.2 Å². The quantitative estimate of drug-likeness (QED) is 0.357. The number of nitrogens with one attached hydrogen (secondary N) is 3. The average Bonchev–Trinajstić information content (AvgIpc) is 2.63. The van der Waals surface area contributed by atoms with Crippen molar-refractivity contribution in [2.24, 2.45) is 17.8 Å². The highest BCUT2D eigenvalue weighted by atomic mass is 16.5. The third-order valence-corrected chi connectivity index (χ3v) is 3.67. The molecule has 3 atom stereocenters. The van der Waals surface area contributed by atoms with Crippen molar-refractivity contribution in [3.05, 3.63) is 0 Å². The van der Waals surface area contributed by atoms with Crippen LogP contribution in [0.3, 0.4) is 0 Å². The minimum absolute atomic E-state index is 0.236. The van der Waals surface area contributed by atoms with E-state index >= 15 is 0 Å². The van der Waals surface area contributed by atoms with Gasteiger partial charge in [0.2, 0.25) is 17.8 Å². The highest BCUT2D eigenvalue weighted by Crippen LogP contribution is 2.14. The molecule has 0 saturated heterocycles. The molecule has 0 aliphatic carbocycles. The Morgan fingerprint density at radius 3 is 0.933 bits per heavy atom. The van der Waals surface area contributed by atoms with Crippen molar-refractivity contribution in [3.63, 3.8) is 0 Å². The summed E-state index contributed by atoms with van der Waals surface area (Å²) in [5.41, 5.74) is 0. The van der Waals surface area contributed by atoms with Gasteiger partial charge in [0.05, 0.1) is 19.8 Å². The normalized spacial score (nSPS) is 14.8. The monoisotopic (exact) mass is 426 g/mol. The summed E-state index contributed by atoms with van der Waals surface area (Å²) >= 11 is 0. The van der Waals surface area contributed by atoms with Crippen LogP contribution in [0.25, 0.3) is 0 Å². The molecular weight excluding hydrogens is 384 g/mol. The minimum Gasteiger partial charge on any atom is -0.359 e. The van der Waals surface area contributed by atoms with Crippen molar-refractivity contribution >= 4 is 17.8 Å². The lowest BCUT2D eigenvalue weighted by atomic mass is 10.2. The maximum absolute atomic E-state index is 5.78. The molecule has 0 aliphatic rings.